The van der Waals surface area contributed by atoms with E-state index in [-0.39, 0.29) is 11.3 Å². The SMILES string of the molecule is COc1ccc(C(NC(=O)c2ccco2)C(F)(F)F)cc1. The summed E-state index contributed by atoms with van der Waals surface area (Å²) in [6.45, 7) is 0. The maximum atomic E-state index is 13.1. The Hall–Kier alpha value is -2.44. The third-order valence-corrected chi connectivity index (χ3v) is 2.80. The van der Waals surface area contributed by atoms with E-state index in [0.29, 0.717) is 5.75 Å². The Labute approximate surface area is 118 Å². The lowest BCUT2D eigenvalue weighted by Gasteiger charge is -2.21. The molecule has 21 heavy (non-hydrogen) atoms. The second-order valence-electron chi connectivity index (χ2n) is 4.20. The monoisotopic (exact) mass is 299 g/mol. The number of halogens is 3. The highest BCUT2D eigenvalue weighted by Crippen LogP contribution is 2.33. The van der Waals surface area contributed by atoms with E-state index in [0.717, 1.165) is 0 Å². The Morgan fingerprint density at radius 3 is 2.38 bits per heavy atom. The Morgan fingerprint density at radius 2 is 1.90 bits per heavy atom. The first-order valence-electron chi connectivity index (χ1n) is 5.97. The van der Waals surface area contributed by atoms with Crippen LogP contribution in [-0.2, 0) is 0 Å². The number of rotatable bonds is 4. The summed E-state index contributed by atoms with van der Waals surface area (Å²) in [5.41, 5.74) is -0.0943. The molecule has 1 heterocycles. The minimum atomic E-state index is -4.63. The van der Waals surface area contributed by atoms with Crippen LogP contribution < -0.4 is 10.1 Å². The van der Waals surface area contributed by atoms with Gasteiger partial charge in [0.25, 0.3) is 5.91 Å². The van der Waals surface area contributed by atoms with Crippen LogP contribution >= 0.6 is 0 Å². The van der Waals surface area contributed by atoms with E-state index in [4.69, 9.17) is 9.15 Å². The van der Waals surface area contributed by atoms with Gasteiger partial charge in [-0.3, -0.25) is 4.79 Å². The lowest BCUT2D eigenvalue weighted by atomic mass is 10.1. The van der Waals surface area contributed by atoms with Crippen molar-refractivity contribution < 1.29 is 27.1 Å². The van der Waals surface area contributed by atoms with Gasteiger partial charge in [0.2, 0.25) is 0 Å². The summed E-state index contributed by atoms with van der Waals surface area (Å²) >= 11 is 0. The molecule has 0 saturated heterocycles. The van der Waals surface area contributed by atoms with Crippen molar-refractivity contribution in [1.82, 2.24) is 5.32 Å². The lowest BCUT2D eigenvalue weighted by molar-refractivity contribution is -0.155. The van der Waals surface area contributed by atoms with Gasteiger partial charge in [0, 0.05) is 0 Å². The van der Waals surface area contributed by atoms with E-state index in [1.54, 1.807) is 0 Å². The van der Waals surface area contributed by atoms with Gasteiger partial charge in [-0.25, -0.2) is 0 Å². The van der Waals surface area contributed by atoms with Gasteiger partial charge in [0.1, 0.15) is 5.75 Å². The number of methoxy groups -OCH3 is 1. The molecule has 1 aromatic heterocycles. The summed E-state index contributed by atoms with van der Waals surface area (Å²) in [5.74, 6) is -0.687. The second-order valence-corrected chi connectivity index (χ2v) is 4.20. The van der Waals surface area contributed by atoms with Gasteiger partial charge in [-0.1, -0.05) is 12.1 Å². The zero-order chi connectivity index (χ0) is 15.5. The fourth-order valence-corrected chi connectivity index (χ4v) is 1.76. The van der Waals surface area contributed by atoms with Crippen molar-refractivity contribution in [1.29, 1.82) is 0 Å². The predicted octanol–water partition coefficient (Wildman–Crippen LogP) is 3.32. The van der Waals surface area contributed by atoms with E-state index < -0.39 is 18.1 Å². The predicted molar refractivity (Wildman–Crippen MR) is 68.0 cm³/mol. The average Bonchev–Trinajstić information content (AvgIpc) is 2.98. The fraction of sp³-hybridized carbons (Fsp3) is 0.214. The average molecular weight is 299 g/mol. The highest BCUT2D eigenvalue weighted by molar-refractivity contribution is 5.91. The highest BCUT2D eigenvalue weighted by atomic mass is 19.4. The van der Waals surface area contributed by atoms with E-state index >= 15 is 0 Å². The van der Waals surface area contributed by atoms with Gasteiger partial charge in [0.15, 0.2) is 11.8 Å². The number of hydrogen-bond donors (Lipinski definition) is 1. The molecule has 0 aliphatic carbocycles. The minimum Gasteiger partial charge on any atom is -0.497 e. The van der Waals surface area contributed by atoms with Crippen LogP contribution in [0.4, 0.5) is 13.2 Å². The molecule has 1 N–H and O–H groups in total. The number of ether oxygens (including phenoxy) is 1. The number of benzene rings is 1. The number of amides is 1. The van der Waals surface area contributed by atoms with Crippen LogP contribution in [-0.4, -0.2) is 19.2 Å². The summed E-state index contributed by atoms with van der Waals surface area (Å²) in [7, 11) is 1.41. The van der Waals surface area contributed by atoms with Crippen LogP contribution in [0.3, 0.4) is 0 Å². The quantitative estimate of drug-likeness (QED) is 0.942. The largest absolute Gasteiger partial charge is 0.497 e. The highest BCUT2D eigenvalue weighted by Gasteiger charge is 2.42. The first-order chi connectivity index (χ1) is 9.91. The van der Waals surface area contributed by atoms with Crippen molar-refractivity contribution >= 4 is 5.91 Å². The molecular formula is C14H12F3NO3. The van der Waals surface area contributed by atoms with Gasteiger partial charge < -0.3 is 14.5 Å². The molecule has 0 fully saturated rings. The van der Waals surface area contributed by atoms with Gasteiger partial charge in [0.05, 0.1) is 13.4 Å². The zero-order valence-electron chi connectivity index (χ0n) is 11.0. The molecule has 0 aliphatic heterocycles. The molecule has 0 spiro atoms. The van der Waals surface area contributed by atoms with Crippen molar-refractivity contribution in [3.63, 3.8) is 0 Å². The van der Waals surface area contributed by atoms with Crippen LogP contribution in [0.25, 0.3) is 0 Å². The Bertz CT molecular complexity index is 591. The molecule has 1 aromatic carbocycles. The standard InChI is InChI=1S/C14H12F3NO3/c1-20-10-6-4-9(5-7-10)12(14(15,16)17)18-13(19)11-3-2-8-21-11/h2-8,12H,1H3,(H,18,19). The van der Waals surface area contributed by atoms with E-state index in [9.17, 15) is 18.0 Å². The molecule has 1 unspecified atom stereocenters. The summed E-state index contributed by atoms with van der Waals surface area (Å²) in [4.78, 5) is 11.7. The molecule has 0 radical (unpaired) electrons. The molecule has 7 heteroatoms. The molecule has 112 valence electrons. The molecule has 4 nitrogen and oxygen atoms in total. The maximum Gasteiger partial charge on any atom is 0.412 e. The zero-order valence-corrected chi connectivity index (χ0v) is 11.0. The molecule has 2 aromatic rings. The number of furan rings is 1. The van der Waals surface area contributed by atoms with Gasteiger partial charge >= 0.3 is 6.18 Å². The maximum absolute atomic E-state index is 13.1. The Balaban J connectivity index is 2.24. The van der Waals surface area contributed by atoms with E-state index in [1.165, 1.54) is 49.8 Å². The molecule has 2 rings (SSSR count). The number of carbonyl (C=O) groups excluding carboxylic acids is 1. The van der Waals surface area contributed by atoms with Gasteiger partial charge in [-0.15, -0.1) is 0 Å². The third-order valence-electron chi connectivity index (χ3n) is 2.80. The second kappa shape index (κ2) is 5.90. The molecule has 0 saturated carbocycles. The molecule has 0 bridgehead atoms. The number of hydrogen-bond acceptors (Lipinski definition) is 3. The first-order valence-corrected chi connectivity index (χ1v) is 5.97. The Morgan fingerprint density at radius 1 is 1.24 bits per heavy atom. The van der Waals surface area contributed by atoms with Gasteiger partial charge in [-0.2, -0.15) is 13.2 Å². The summed E-state index contributed by atoms with van der Waals surface area (Å²) in [5, 5.41) is 1.91. The van der Waals surface area contributed by atoms with E-state index in [1.807, 2.05) is 5.32 Å². The van der Waals surface area contributed by atoms with Crippen molar-refractivity contribution in [2.75, 3.05) is 7.11 Å². The molecule has 0 aliphatic rings. The van der Waals surface area contributed by atoms with Crippen molar-refractivity contribution in [3.8, 4) is 5.75 Å². The van der Waals surface area contributed by atoms with Crippen LogP contribution in [0.1, 0.15) is 22.2 Å². The van der Waals surface area contributed by atoms with Crippen LogP contribution in [0.15, 0.2) is 47.1 Å². The molecular weight excluding hydrogens is 287 g/mol. The summed E-state index contributed by atoms with van der Waals surface area (Å²) < 4.78 is 49.0. The van der Waals surface area contributed by atoms with Crippen molar-refractivity contribution in [3.05, 3.63) is 54.0 Å². The normalized spacial score (nSPS) is 12.8. The smallest absolute Gasteiger partial charge is 0.412 e. The van der Waals surface area contributed by atoms with Crippen molar-refractivity contribution in [2.24, 2.45) is 0 Å². The van der Waals surface area contributed by atoms with Crippen molar-refractivity contribution in [2.45, 2.75) is 12.2 Å². The van der Waals surface area contributed by atoms with Crippen LogP contribution in [0, 0.1) is 0 Å². The number of carbonyl (C=O) groups is 1. The first kappa shape index (κ1) is 15.0. The topological polar surface area (TPSA) is 51.5 Å². The van der Waals surface area contributed by atoms with Gasteiger partial charge in [-0.05, 0) is 29.8 Å². The molecule has 1 amide bonds. The number of nitrogens with one attached hydrogen (secondary N) is 1. The molecule has 1 atom stereocenters. The summed E-state index contributed by atoms with van der Waals surface area (Å²) in [6.07, 6.45) is -3.41. The Kier molecular flexibility index (Phi) is 4.21. The summed E-state index contributed by atoms with van der Waals surface area (Å²) in [6, 6.07) is 5.88. The lowest BCUT2D eigenvalue weighted by Crippen LogP contribution is -2.38. The van der Waals surface area contributed by atoms with Crippen LogP contribution in [0.5, 0.6) is 5.75 Å². The minimum absolute atomic E-state index is 0.0943. The third kappa shape index (κ3) is 3.56. The number of alkyl halides is 3. The van der Waals surface area contributed by atoms with Crippen LogP contribution in [0.2, 0.25) is 0 Å². The van der Waals surface area contributed by atoms with E-state index in [2.05, 4.69) is 0 Å². The fourth-order valence-electron chi connectivity index (χ4n) is 1.76.